The van der Waals surface area contributed by atoms with Gasteiger partial charge in [0.2, 0.25) is 0 Å². The van der Waals surface area contributed by atoms with Gasteiger partial charge in [-0.15, -0.1) is 10.2 Å². The van der Waals surface area contributed by atoms with Gasteiger partial charge in [-0.2, -0.15) is 0 Å². The molecule has 0 fully saturated rings. The van der Waals surface area contributed by atoms with E-state index in [9.17, 15) is 5.11 Å². The van der Waals surface area contributed by atoms with Crippen molar-refractivity contribution in [1.82, 2.24) is 19.7 Å². The van der Waals surface area contributed by atoms with Gasteiger partial charge in [-0.25, -0.2) is 0 Å². The second-order valence-electron chi connectivity index (χ2n) is 3.67. The number of rotatable bonds is 4. The molecule has 2 heterocycles. The normalized spacial score (nSPS) is 12.6. The molecule has 1 atom stereocenters. The first-order chi connectivity index (χ1) is 8.20. The third kappa shape index (κ3) is 2.83. The fourth-order valence-corrected chi connectivity index (χ4v) is 2.06. The van der Waals surface area contributed by atoms with Crippen LogP contribution in [0.5, 0.6) is 0 Å². The Morgan fingerprint density at radius 1 is 1.47 bits per heavy atom. The summed E-state index contributed by atoms with van der Waals surface area (Å²) in [7, 11) is 1.89. The molecular weight excluding hydrogens is 236 g/mol. The lowest BCUT2D eigenvalue weighted by Gasteiger charge is -2.07. The van der Waals surface area contributed by atoms with E-state index >= 15 is 0 Å². The van der Waals surface area contributed by atoms with Crippen molar-refractivity contribution in [2.24, 2.45) is 7.05 Å². The summed E-state index contributed by atoms with van der Waals surface area (Å²) in [6.45, 7) is 1.93. The van der Waals surface area contributed by atoms with Crippen molar-refractivity contribution in [1.29, 1.82) is 0 Å². The Balaban J connectivity index is 2.11. The molecule has 6 heteroatoms. The summed E-state index contributed by atoms with van der Waals surface area (Å²) in [6, 6.07) is 3.77. The van der Waals surface area contributed by atoms with Crippen molar-refractivity contribution in [2.45, 2.75) is 29.5 Å². The maximum Gasteiger partial charge on any atom is 0.195 e. The van der Waals surface area contributed by atoms with Crippen molar-refractivity contribution in [3.8, 4) is 0 Å². The number of aliphatic hydroxyl groups excluding tert-OH is 1. The van der Waals surface area contributed by atoms with Gasteiger partial charge < -0.3 is 9.67 Å². The molecule has 0 saturated heterocycles. The molecule has 0 aliphatic heterocycles. The summed E-state index contributed by atoms with van der Waals surface area (Å²) < 4.78 is 1.85. The van der Waals surface area contributed by atoms with Crippen LogP contribution in [-0.2, 0) is 7.05 Å². The predicted octanol–water partition coefficient (Wildman–Crippen LogP) is 1.80. The van der Waals surface area contributed by atoms with Crippen LogP contribution in [0.4, 0.5) is 0 Å². The molecule has 2 aromatic rings. The number of nitrogens with zero attached hydrogens (tertiary/aromatic N) is 4. The van der Waals surface area contributed by atoms with E-state index in [4.69, 9.17) is 0 Å². The predicted molar refractivity (Wildman–Crippen MR) is 64.6 cm³/mol. The lowest BCUT2D eigenvalue weighted by atomic mass is 10.2. The average Bonchev–Trinajstić information content (AvgIpc) is 2.75. The number of hydrogen-bond acceptors (Lipinski definition) is 5. The van der Waals surface area contributed by atoms with Gasteiger partial charge in [0.05, 0.1) is 11.8 Å². The minimum absolute atomic E-state index is 0.483. The van der Waals surface area contributed by atoms with Crippen LogP contribution in [0.1, 0.15) is 25.1 Å². The summed E-state index contributed by atoms with van der Waals surface area (Å²) in [5.41, 5.74) is 0.704. The van der Waals surface area contributed by atoms with Crippen molar-refractivity contribution >= 4 is 11.8 Å². The van der Waals surface area contributed by atoms with Crippen LogP contribution < -0.4 is 0 Å². The van der Waals surface area contributed by atoms with Gasteiger partial charge in [0.15, 0.2) is 5.16 Å². The first kappa shape index (κ1) is 12.1. The second-order valence-corrected chi connectivity index (χ2v) is 4.71. The monoisotopic (exact) mass is 250 g/mol. The smallest absolute Gasteiger partial charge is 0.195 e. The van der Waals surface area contributed by atoms with E-state index in [-0.39, 0.29) is 0 Å². The minimum atomic E-state index is -0.483. The zero-order valence-corrected chi connectivity index (χ0v) is 10.6. The van der Waals surface area contributed by atoms with E-state index in [1.165, 1.54) is 11.8 Å². The van der Waals surface area contributed by atoms with Gasteiger partial charge in [0.1, 0.15) is 6.33 Å². The Bertz CT molecular complexity index is 482. The van der Waals surface area contributed by atoms with Crippen LogP contribution in [0.2, 0.25) is 0 Å². The first-order valence-corrected chi connectivity index (χ1v) is 6.18. The van der Waals surface area contributed by atoms with Gasteiger partial charge in [0, 0.05) is 18.1 Å². The lowest BCUT2D eigenvalue weighted by Crippen LogP contribution is -1.98. The van der Waals surface area contributed by atoms with Gasteiger partial charge in [0.25, 0.3) is 0 Å². The third-order valence-electron chi connectivity index (χ3n) is 2.37. The van der Waals surface area contributed by atoms with E-state index in [1.807, 2.05) is 30.7 Å². The van der Waals surface area contributed by atoms with Crippen LogP contribution in [0.3, 0.4) is 0 Å². The Morgan fingerprint density at radius 2 is 2.29 bits per heavy atom. The number of pyridine rings is 1. The molecule has 1 N–H and O–H groups in total. The largest absolute Gasteiger partial charge is 0.387 e. The summed E-state index contributed by atoms with van der Waals surface area (Å²) in [6.07, 6.45) is 3.59. The van der Waals surface area contributed by atoms with E-state index in [0.717, 1.165) is 10.1 Å². The molecule has 2 rings (SSSR count). The van der Waals surface area contributed by atoms with Gasteiger partial charge >= 0.3 is 0 Å². The zero-order valence-electron chi connectivity index (χ0n) is 9.74. The molecule has 90 valence electrons. The number of hydrogen-bond donors (Lipinski definition) is 1. The lowest BCUT2D eigenvalue weighted by molar-refractivity contribution is 0.169. The fourth-order valence-electron chi connectivity index (χ4n) is 1.33. The topological polar surface area (TPSA) is 63.8 Å². The molecule has 0 bridgehead atoms. The van der Waals surface area contributed by atoms with Gasteiger partial charge in [-0.3, -0.25) is 4.98 Å². The highest BCUT2D eigenvalue weighted by Crippen LogP contribution is 2.25. The third-order valence-corrected chi connectivity index (χ3v) is 3.40. The highest BCUT2D eigenvalue weighted by molar-refractivity contribution is 7.99. The molecule has 17 heavy (non-hydrogen) atoms. The molecule has 0 aliphatic carbocycles. The van der Waals surface area contributed by atoms with Crippen molar-refractivity contribution in [3.05, 3.63) is 30.4 Å². The number of aliphatic hydroxyl groups is 1. The Labute approximate surface area is 104 Å². The molecule has 0 radical (unpaired) electrons. The summed E-state index contributed by atoms with van der Waals surface area (Å²) in [4.78, 5) is 5.21. The van der Waals surface area contributed by atoms with E-state index < -0.39 is 6.10 Å². The average molecular weight is 250 g/mol. The van der Waals surface area contributed by atoms with Gasteiger partial charge in [-0.1, -0.05) is 6.92 Å². The van der Waals surface area contributed by atoms with Gasteiger partial charge in [-0.05, 0) is 30.3 Å². The summed E-state index contributed by atoms with van der Waals surface area (Å²) in [5, 5.41) is 18.2. The highest BCUT2D eigenvalue weighted by Gasteiger charge is 2.07. The maximum absolute atomic E-state index is 9.63. The first-order valence-electron chi connectivity index (χ1n) is 5.36. The molecule has 1 unspecified atom stereocenters. The maximum atomic E-state index is 9.63. The summed E-state index contributed by atoms with van der Waals surface area (Å²) in [5.74, 6) is 0. The van der Waals surface area contributed by atoms with Crippen LogP contribution in [-0.4, -0.2) is 24.9 Å². The molecule has 0 amide bonds. The molecule has 5 nitrogen and oxygen atoms in total. The Hall–Kier alpha value is -1.40. The van der Waals surface area contributed by atoms with Crippen LogP contribution >= 0.6 is 11.8 Å². The molecule has 0 spiro atoms. The molecule has 0 aliphatic rings. The van der Waals surface area contributed by atoms with Crippen molar-refractivity contribution in [2.75, 3.05) is 0 Å². The van der Waals surface area contributed by atoms with E-state index in [0.29, 0.717) is 12.1 Å². The van der Waals surface area contributed by atoms with Crippen molar-refractivity contribution in [3.63, 3.8) is 0 Å². The standard InChI is InChI=1S/C11H14N4OS/c1-3-10(16)9-5-4-8(6-12-9)17-11-14-13-7-15(11)2/h4-7,10,16H,3H2,1-2H3. The van der Waals surface area contributed by atoms with Crippen LogP contribution in [0.25, 0.3) is 0 Å². The Morgan fingerprint density at radius 3 is 2.82 bits per heavy atom. The molecule has 0 saturated carbocycles. The quantitative estimate of drug-likeness (QED) is 0.896. The number of aromatic nitrogens is 4. The van der Waals surface area contributed by atoms with Crippen molar-refractivity contribution < 1.29 is 5.11 Å². The van der Waals surface area contributed by atoms with Crippen LogP contribution in [0.15, 0.2) is 34.7 Å². The molecule has 2 aromatic heterocycles. The number of aryl methyl sites for hydroxylation is 1. The van der Waals surface area contributed by atoms with E-state index in [1.54, 1.807) is 12.5 Å². The van der Waals surface area contributed by atoms with E-state index in [2.05, 4.69) is 15.2 Å². The fraction of sp³-hybridized carbons (Fsp3) is 0.364. The molecular formula is C11H14N4OS. The Kier molecular flexibility index (Phi) is 3.75. The zero-order chi connectivity index (χ0) is 12.3. The SMILES string of the molecule is CCC(O)c1ccc(Sc2nncn2C)cn1. The highest BCUT2D eigenvalue weighted by atomic mass is 32.2. The summed E-state index contributed by atoms with van der Waals surface area (Å²) >= 11 is 1.49. The molecule has 0 aromatic carbocycles. The van der Waals surface area contributed by atoms with Crippen LogP contribution in [0, 0.1) is 0 Å². The minimum Gasteiger partial charge on any atom is -0.387 e. The second kappa shape index (κ2) is 5.29.